The first kappa shape index (κ1) is 13.3. The standard InChI is InChI=1S/C17H17NO/c18-13-17(15-9-5-2-6-10-15)16(11-12-19)14-7-3-1-4-8-14/h1-10,16-17,19H,11-12H2/t16-,17-/m0/s1. The lowest BCUT2D eigenvalue weighted by atomic mass is 9.80. The molecule has 0 saturated carbocycles. The molecule has 19 heavy (non-hydrogen) atoms. The third-order valence-electron chi connectivity index (χ3n) is 3.37. The molecule has 2 rings (SSSR count). The summed E-state index contributed by atoms with van der Waals surface area (Å²) in [5.74, 6) is -0.200. The molecule has 96 valence electrons. The van der Waals surface area contributed by atoms with Crippen LogP contribution >= 0.6 is 0 Å². The van der Waals surface area contributed by atoms with Crippen molar-refractivity contribution in [2.24, 2.45) is 0 Å². The van der Waals surface area contributed by atoms with Crippen molar-refractivity contribution in [3.8, 4) is 6.07 Å². The fourth-order valence-corrected chi connectivity index (χ4v) is 2.42. The van der Waals surface area contributed by atoms with Gasteiger partial charge in [0.25, 0.3) is 0 Å². The molecule has 0 heterocycles. The van der Waals surface area contributed by atoms with E-state index in [2.05, 4.69) is 6.07 Å². The van der Waals surface area contributed by atoms with Crippen molar-refractivity contribution < 1.29 is 5.11 Å². The van der Waals surface area contributed by atoms with E-state index in [-0.39, 0.29) is 18.4 Å². The molecular weight excluding hydrogens is 234 g/mol. The van der Waals surface area contributed by atoms with E-state index in [1.165, 1.54) is 0 Å². The van der Waals surface area contributed by atoms with Crippen molar-refractivity contribution in [1.29, 1.82) is 5.26 Å². The van der Waals surface area contributed by atoms with Gasteiger partial charge in [-0.05, 0) is 17.5 Å². The fraction of sp³-hybridized carbons (Fsp3) is 0.235. The van der Waals surface area contributed by atoms with Crippen molar-refractivity contribution >= 4 is 0 Å². The van der Waals surface area contributed by atoms with Crippen molar-refractivity contribution in [3.05, 3.63) is 71.8 Å². The average Bonchev–Trinajstić information content (AvgIpc) is 2.49. The summed E-state index contributed by atoms with van der Waals surface area (Å²) >= 11 is 0. The molecule has 0 aliphatic rings. The van der Waals surface area contributed by atoms with Crippen LogP contribution in [0.4, 0.5) is 0 Å². The van der Waals surface area contributed by atoms with E-state index in [0.717, 1.165) is 11.1 Å². The quantitative estimate of drug-likeness (QED) is 0.884. The van der Waals surface area contributed by atoms with Crippen LogP contribution in [0.2, 0.25) is 0 Å². The average molecular weight is 251 g/mol. The normalized spacial score (nSPS) is 13.5. The zero-order chi connectivity index (χ0) is 13.5. The second-order valence-corrected chi connectivity index (χ2v) is 4.55. The Kier molecular flexibility index (Phi) is 4.72. The Balaban J connectivity index is 2.35. The Bertz CT molecular complexity index is 530. The number of benzene rings is 2. The number of rotatable bonds is 5. The summed E-state index contributed by atoms with van der Waals surface area (Å²) in [5, 5.41) is 18.8. The molecule has 0 fully saturated rings. The lowest BCUT2D eigenvalue weighted by Crippen LogP contribution is -2.11. The van der Waals surface area contributed by atoms with Gasteiger partial charge >= 0.3 is 0 Å². The van der Waals surface area contributed by atoms with Crippen LogP contribution < -0.4 is 0 Å². The summed E-state index contributed by atoms with van der Waals surface area (Å²) < 4.78 is 0. The molecule has 0 saturated heterocycles. The first-order valence-corrected chi connectivity index (χ1v) is 6.47. The van der Waals surface area contributed by atoms with Crippen LogP contribution in [0.25, 0.3) is 0 Å². The third-order valence-corrected chi connectivity index (χ3v) is 3.37. The van der Waals surface area contributed by atoms with E-state index in [4.69, 9.17) is 0 Å². The Hall–Kier alpha value is -2.11. The molecule has 0 unspecified atom stereocenters. The van der Waals surface area contributed by atoms with Crippen molar-refractivity contribution in [3.63, 3.8) is 0 Å². The molecule has 2 nitrogen and oxygen atoms in total. The van der Waals surface area contributed by atoms with Gasteiger partial charge in [0.1, 0.15) is 0 Å². The number of aliphatic hydroxyl groups is 1. The van der Waals surface area contributed by atoms with Gasteiger partial charge in [-0.3, -0.25) is 0 Å². The third kappa shape index (κ3) is 3.21. The van der Waals surface area contributed by atoms with Gasteiger partial charge < -0.3 is 5.11 Å². The maximum atomic E-state index is 9.51. The molecule has 2 atom stereocenters. The van der Waals surface area contributed by atoms with Gasteiger partial charge in [-0.1, -0.05) is 60.7 Å². The molecule has 0 aliphatic heterocycles. The molecule has 0 aliphatic carbocycles. The Morgan fingerprint density at radius 1 is 0.895 bits per heavy atom. The first-order chi connectivity index (χ1) is 9.36. The highest BCUT2D eigenvalue weighted by molar-refractivity contribution is 5.32. The second kappa shape index (κ2) is 6.72. The van der Waals surface area contributed by atoms with E-state index < -0.39 is 0 Å². The first-order valence-electron chi connectivity index (χ1n) is 6.47. The molecule has 0 spiro atoms. The number of nitriles is 1. The smallest absolute Gasteiger partial charge is 0.0782 e. The van der Waals surface area contributed by atoms with Gasteiger partial charge in [-0.2, -0.15) is 5.26 Å². The number of hydrogen-bond donors (Lipinski definition) is 1. The maximum Gasteiger partial charge on any atom is 0.0782 e. The minimum atomic E-state index is -0.226. The highest BCUT2D eigenvalue weighted by atomic mass is 16.3. The van der Waals surface area contributed by atoms with E-state index in [0.29, 0.717) is 6.42 Å². The van der Waals surface area contributed by atoms with Crippen molar-refractivity contribution in [1.82, 2.24) is 0 Å². The SMILES string of the molecule is N#C[C@@H](c1ccccc1)[C@@H](CCO)c1ccccc1. The van der Waals surface area contributed by atoms with Crippen LogP contribution in [0.5, 0.6) is 0 Å². The van der Waals surface area contributed by atoms with Gasteiger partial charge in [0.15, 0.2) is 0 Å². The van der Waals surface area contributed by atoms with Crippen LogP contribution in [0.3, 0.4) is 0 Å². The zero-order valence-electron chi connectivity index (χ0n) is 10.7. The van der Waals surface area contributed by atoms with E-state index in [1.54, 1.807) is 0 Å². The summed E-state index contributed by atoms with van der Waals surface area (Å²) in [4.78, 5) is 0. The molecule has 0 aromatic heterocycles. The topological polar surface area (TPSA) is 44.0 Å². The monoisotopic (exact) mass is 251 g/mol. The molecule has 0 bridgehead atoms. The van der Waals surface area contributed by atoms with Gasteiger partial charge in [0.05, 0.1) is 12.0 Å². The van der Waals surface area contributed by atoms with E-state index >= 15 is 0 Å². The Morgan fingerprint density at radius 3 is 1.89 bits per heavy atom. The van der Waals surface area contributed by atoms with E-state index in [1.807, 2.05) is 60.7 Å². The van der Waals surface area contributed by atoms with Crippen molar-refractivity contribution in [2.45, 2.75) is 18.3 Å². The molecule has 1 N–H and O–H groups in total. The Morgan fingerprint density at radius 2 is 1.42 bits per heavy atom. The maximum absolute atomic E-state index is 9.51. The molecule has 0 radical (unpaired) electrons. The summed E-state index contributed by atoms with van der Waals surface area (Å²) in [6, 6.07) is 22.1. The Labute approximate surface area is 114 Å². The van der Waals surface area contributed by atoms with Gasteiger partial charge in [0, 0.05) is 12.5 Å². The van der Waals surface area contributed by atoms with Crippen LogP contribution in [-0.2, 0) is 0 Å². The molecule has 0 amide bonds. The summed E-state index contributed by atoms with van der Waals surface area (Å²) in [5.41, 5.74) is 2.11. The van der Waals surface area contributed by atoms with Gasteiger partial charge in [-0.15, -0.1) is 0 Å². The fourth-order valence-electron chi connectivity index (χ4n) is 2.42. The second-order valence-electron chi connectivity index (χ2n) is 4.55. The summed E-state index contributed by atoms with van der Waals surface area (Å²) in [7, 11) is 0. The minimum absolute atomic E-state index is 0.0265. The van der Waals surface area contributed by atoms with Crippen LogP contribution in [0, 0.1) is 11.3 Å². The largest absolute Gasteiger partial charge is 0.396 e. The van der Waals surface area contributed by atoms with Crippen LogP contribution in [0.15, 0.2) is 60.7 Å². The zero-order valence-corrected chi connectivity index (χ0v) is 10.7. The predicted molar refractivity (Wildman–Crippen MR) is 75.7 cm³/mol. The van der Waals surface area contributed by atoms with E-state index in [9.17, 15) is 10.4 Å². The van der Waals surface area contributed by atoms with Gasteiger partial charge in [-0.25, -0.2) is 0 Å². The number of hydrogen-bond acceptors (Lipinski definition) is 2. The highest BCUT2D eigenvalue weighted by Crippen LogP contribution is 2.34. The van der Waals surface area contributed by atoms with Crippen LogP contribution in [-0.4, -0.2) is 11.7 Å². The molecule has 2 heteroatoms. The summed E-state index contributed by atoms with van der Waals surface area (Å²) in [6.45, 7) is 0.0879. The highest BCUT2D eigenvalue weighted by Gasteiger charge is 2.23. The lowest BCUT2D eigenvalue weighted by Gasteiger charge is -2.22. The molecule has 2 aromatic rings. The predicted octanol–water partition coefficient (Wildman–Crippen LogP) is 3.46. The van der Waals surface area contributed by atoms with Crippen molar-refractivity contribution in [2.75, 3.05) is 6.61 Å². The van der Waals surface area contributed by atoms with Crippen LogP contribution in [0.1, 0.15) is 29.4 Å². The number of nitrogens with zero attached hydrogens (tertiary/aromatic N) is 1. The lowest BCUT2D eigenvalue weighted by molar-refractivity contribution is 0.272. The summed E-state index contributed by atoms with van der Waals surface area (Å²) in [6.07, 6.45) is 0.594. The molecular formula is C17H17NO. The number of aliphatic hydroxyl groups excluding tert-OH is 1. The minimum Gasteiger partial charge on any atom is -0.396 e. The van der Waals surface area contributed by atoms with Gasteiger partial charge in [0.2, 0.25) is 0 Å². The molecule has 2 aromatic carbocycles.